The van der Waals surface area contributed by atoms with Gasteiger partial charge in [-0.15, -0.1) is 0 Å². The predicted molar refractivity (Wildman–Crippen MR) is 87.2 cm³/mol. The molecule has 3 nitrogen and oxygen atoms in total. The average Bonchev–Trinajstić information content (AvgIpc) is 2.53. The number of fused-ring (bicyclic) bond motifs is 1. The first-order chi connectivity index (χ1) is 10.3. The summed E-state index contributed by atoms with van der Waals surface area (Å²) in [6.45, 7) is 1.24. The first-order valence-electron chi connectivity index (χ1n) is 6.79. The van der Waals surface area contributed by atoms with E-state index >= 15 is 0 Å². The molecule has 106 valence electrons. The van der Waals surface area contributed by atoms with Gasteiger partial charge in [-0.3, -0.25) is 4.98 Å². The summed E-state index contributed by atoms with van der Waals surface area (Å²) >= 11 is 6.09. The maximum absolute atomic E-state index is 6.09. The molecule has 0 aliphatic heterocycles. The van der Waals surface area contributed by atoms with Gasteiger partial charge < -0.3 is 10.1 Å². The topological polar surface area (TPSA) is 34.1 Å². The summed E-state index contributed by atoms with van der Waals surface area (Å²) in [6, 6.07) is 17.5. The molecule has 3 aromatic rings. The van der Waals surface area contributed by atoms with Gasteiger partial charge in [-0.1, -0.05) is 29.8 Å². The molecule has 3 rings (SSSR count). The van der Waals surface area contributed by atoms with Crippen LogP contribution in [0.5, 0.6) is 5.75 Å². The van der Waals surface area contributed by atoms with E-state index in [4.69, 9.17) is 16.3 Å². The molecule has 21 heavy (non-hydrogen) atoms. The van der Waals surface area contributed by atoms with Gasteiger partial charge in [0, 0.05) is 18.1 Å². The molecule has 0 atom stereocenters. The van der Waals surface area contributed by atoms with Gasteiger partial charge in [-0.25, -0.2) is 0 Å². The second-order valence-corrected chi connectivity index (χ2v) is 4.99. The summed E-state index contributed by atoms with van der Waals surface area (Å²) in [4.78, 5) is 4.32. The molecule has 0 radical (unpaired) electrons. The van der Waals surface area contributed by atoms with Crippen molar-refractivity contribution in [2.75, 3.05) is 18.5 Å². The van der Waals surface area contributed by atoms with Crippen LogP contribution in [0.4, 0.5) is 5.69 Å². The minimum Gasteiger partial charge on any atom is -0.491 e. The maximum atomic E-state index is 6.09. The van der Waals surface area contributed by atoms with Crippen LogP contribution in [0.15, 0.2) is 60.8 Å². The molecule has 0 aliphatic rings. The van der Waals surface area contributed by atoms with E-state index in [2.05, 4.69) is 10.3 Å². The Balaban J connectivity index is 1.61. The number of pyridine rings is 1. The fourth-order valence-electron chi connectivity index (χ4n) is 2.15. The standard InChI is InChI=1S/C17H15ClN2O/c18-14-6-1-2-7-16(14)20-11-12-21-17-9-3-8-15-13(17)5-4-10-19-15/h1-10,20H,11-12H2. The molecule has 2 aromatic carbocycles. The first kappa shape index (κ1) is 13.7. The monoisotopic (exact) mass is 298 g/mol. The van der Waals surface area contributed by atoms with Crippen molar-refractivity contribution in [3.05, 3.63) is 65.8 Å². The molecule has 0 aliphatic carbocycles. The molecule has 0 amide bonds. The highest BCUT2D eigenvalue weighted by Gasteiger charge is 2.02. The number of nitrogens with zero attached hydrogens (tertiary/aromatic N) is 1. The number of ether oxygens (including phenoxy) is 1. The van der Waals surface area contributed by atoms with Crippen molar-refractivity contribution in [2.24, 2.45) is 0 Å². The zero-order chi connectivity index (χ0) is 14.5. The lowest BCUT2D eigenvalue weighted by Crippen LogP contribution is -2.11. The Bertz CT molecular complexity index is 740. The Kier molecular flexibility index (Phi) is 4.22. The second-order valence-electron chi connectivity index (χ2n) is 4.58. The van der Waals surface area contributed by atoms with E-state index in [9.17, 15) is 0 Å². The lowest BCUT2D eigenvalue weighted by Gasteiger charge is -2.11. The van der Waals surface area contributed by atoms with Gasteiger partial charge in [0.25, 0.3) is 0 Å². The molecule has 1 heterocycles. The number of aromatic nitrogens is 1. The van der Waals surface area contributed by atoms with Crippen LogP contribution in [0.1, 0.15) is 0 Å². The van der Waals surface area contributed by atoms with Crippen molar-refractivity contribution in [2.45, 2.75) is 0 Å². The van der Waals surface area contributed by atoms with Gasteiger partial charge >= 0.3 is 0 Å². The second kappa shape index (κ2) is 6.46. The smallest absolute Gasteiger partial charge is 0.128 e. The molecule has 0 fully saturated rings. The van der Waals surface area contributed by atoms with E-state index < -0.39 is 0 Å². The summed E-state index contributed by atoms with van der Waals surface area (Å²) in [5, 5.41) is 5.00. The Labute approximate surface area is 128 Å². The van der Waals surface area contributed by atoms with E-state index in [1.165, 1.54) is 0 Å². The molecular formula is C17H15ClN2O. The van der Waals surface area contributed by atoms with Gasteiger partial charge in [0.2, 0.25) is 0 Å². The quantitative estimate of drug-likeness (QED) is 0.710. The summed E-state index contributed by atoms with van der Waals surface area (Å²) in [5.74, 6) is 0.849. The molecule has 4 heteroatoms. The predicted octanol–water partition coefficient (Wildman–Crippen LogP) is 4.38. The van der Waals surface area contributed by atoms with Gasteiger partial charge in [0.05, 0.1) is 16.2 Å². The number of benzene rings is 2. The van der Waals surface area contributed by atoms with Gasteiger partial charge in [-0.05, 0) is 36.4 Å². The Morgan fingerprint density at radius 1 is 1.00 bits per heavy atom. The number of para-hydroxylation sites is 1. The molecule has 0 saturated heterocycles. The third-order valence-corrected chi connectivity index (χ3v) is 3.48. The summed E-state index contributed by atoms with van der Waals surface area (Å²) < 4.78 is 5.84. The number of rotatable bonds is 5. The zero-order valence-electron chi connectivity index (χ0n) is 11.4. The Hall–Kier alpha value is -2.26. The maximum Gasteiger partial charge on any atom is 0.128 e. The number of anilines is 1. The molecule has 1 aromatic heterocycles. The molecule has 0 spiro atoms. The molecule has 0 saturated carbocycles. The van der Waals surface area contributed by atoms with Gasteiger partial charge in [0.1, 0.15) is 12.4 Å². The Morgan fingerprint density at radius 2 is 1.90 bits per heavy atom. The van der Waals surface area contributed by atoms with Crippen LogP contribution < -0.4 is 10.1 Å². The highest BCUT2D eigenvalue weighted by Crippen LogP contribution is 2.24. The van der Waals surface area contributed by atoms with E-state index in [1.807, 2.05) is 54.6 Å². The van der Waals surface area contributed by atoms with Crippen LogP contribution in [0, 0.1) is 0 Å². The normalized spacial score (nSPS) is 10.5. The van der Waals surface area contributed by atoms with Gasteiger partial charge in [0.15, 0.2) is 0 Å². The van der Waals surface area contributed by atoms with Crippen molar-refractivity contribution in [3.63, 3.8) is 0 Å². The fourth-order valence-corrected chi connectivity index (χ4v) is 2.35. The van der Waals surface area contributed by atoms with Crippen LogP contribution in [-0.2, 0) is 0 Å². The van der Waals surface area contributed by atoms with Crippen molar-refractivity contribution in [3.8, 4) is 5.75 Å². The third kappa shape index (κ3) is 3.26. The number of hydrogen-bond acceptors (Lipinski definition) is 3. The fraction of sp³-hybridized carbons (Fsp3) is 0.118. The largest absolute Gasteiger partial charge is 0.491 e. The molecular weight excluding hydrogens is 284 g/mol. The lowest BCUT2D eigenvalue weighted by atomic mass is 10.2. The summed E-state index contributed by atoms with van der Waals surface area (Å²) in [5.41, 5.74) is 1.86. The highest BCUT2D eigenvalue weighted by molar-refractivity contribution is 6.33. The summed E-state index contributed by atoms with van der Waals surface area (Å²) in [6.07, 6.45) is 1.78. The van der Waals surface area contributed by atoms with Gasteiger partial charge in [-0.2, -0.15) is 0 Å². The number of hydrogen-bond donors (Lipinski definition) is 1. The van der Waals surface area contributed by atoms with Crippen molar-refractivity contribution >= 4 is 28.2 Å². The minimum absolute atomic E-state index is 0.555. The van der Waals surface area contributed by atoms with Crippen molar-refractivity contribution in [1.82, 2.24) is 4.98 Å². The van der Waals surface area contributed by atoms with Crippen molar-refractivity contribution < 1.29 is 4.74 Å². The van der Waals surface area contributed by atoms with E-state index in [-0.39, 0.29) is 0 Å². The lowest BCUT2D eigenvalue weighted by molar-refractivity contribution is 0.337. The highest BCUT2D eigenvalue weighted by atomic mass is 35.5. The Morgan fingerprint density at radius 3 is 2.81 bits per heavy atom. The zero-order valence-corrected chi connectivity index (χ0v) is 12.2. The van der Waals surface area contributed by atoms with E-state index in [1.54, 1.807) is 6.20 Å². The van der Waals surface area contributed by atoms with Crippen LogP contribution in [-0.4, -0.2) is 18.1 Å². The minimum atomic E-state index is 0.555. The molecule has 1 N–H and O–H groups in total. The SMILES string of the molecule is Clc1ccccc1NCCOc1cccc2ncccc12. The summed E-state index contributed by atoms with van der Waals surface area (Å²) in [7, 11) is 0. The first-order valence-corrected chi connectivity index (χ1v) is 7.17. The van der Waals surface area contributed by atoms with E-state index in [0.29, 0.717) is 18.2 Å². The third-order valence-electron chi connectivity index (χ3n) is 3.15. The number of nitrogens with one attached hydrogen (secondary N) is 1. The van der Waals surface area contributed by atoms with Crippen LogP contribution in [0.2, 0.25) is 5.02 Å². The van der Waals surface area contributed by atoms with Crippen LogP contribution in [0.3, 0.4) is 0 Å². The molecule has 0 bridgehead atoms. The van der Waals surface area contributed by atoms with E-state index in [0.717, 1.165) is 22.3 Å². The number of halogens is 1. The van der Waals surface area contributed by atoms with Crippen LogP contribution in [0.25, 0.3) is 10.9 Å². The molecule has 0 unspecified atom stereocenters. The average molecular weight is 299 g/mol. The van der Waals surface area contributed by atoms with Crippen molar-refractivity contribution in [1.29, 1.82) is 0 Å². The van der Waals surface area contributed by atoms with Crippen LogP contribution >= 0.6 is 11.6 Å².